The Balaban J connectivity index is 4.15. The molecule has 4 heteroatoms. The highest BCUT2D eigenvalue weighted by molar-refractivity contribution is 5.69. The third kappa shape index (κ3) is 3.15. The third-order valence-electron chi connectivity index (χ3n) is 1.84. The highest BCUT2D eigenvalue weighted by atomic mass is 19.3. The molecule has 0 radical (unpaired) electrons. The molecular formula is C8H14F2O2. The van der Waals surface area contributed by atoms with E-state index in [1.807, 2.05) is 0 Å². The quantitative estimate of drug-likeness (QED) is 0.721. The van der Waals surface area contributed by atoms with Gasteiger partial charge in [-0.2, -0.15) is 0 Å². The van der Waals surface area contributed by atoms with E-state index < -0.39 is 23.7 Å². The van der Waals surface area contributed by atoms with E-state index in [0.717, 1.165) is 0 Å². The van der Waals surface area contributed by atoms with Crippen molar-refractivity contribution in [2.24, 2.45) is 11.3 Å². The van der Waals surface area contributed by atoms with E-state index in [9.17, 15) is 13.6 Å². The highest BCUT2D eigenvalue weighted by Crippen LogP contribution is 2.32. The molecule has 0 bridgehead atoms. The zero-order chi connectivity index (χ0) is 9.94. The number of carboxylic acids is 1. The standard InChI is InChI=1S/C8H14F2O2/c1-5(6(11)12)4-8(2,3)7(9)10/h5,7H,4H2,1-3H3,(H,11,12)/t5-/m0/s1. The van der Waals surface area contributed by atoms with E-state index in [-0.39, 0.29) is 6.42 Å². The molecule has 0 amide bonds. The first-order chi connectivity index (χ1) is 5.27. The van der Waals surface area contributed by atoms with Crippen LogP contribution in [0.15, 0.2) is 0 Å². The van der Waals surface area contributed by atoms with Crippen LogP contribution in [0.1, 0.15) is 27.2 Å². The van der Waals surface area contributed by atoms with Crippen molar-refractivity contribution in [3.63, 3.8) is 0 Å². The Morgan fingerprint density at radius 1 is 1.50 bits per heavy atom. The lowest BCUT2D eigenvalue weighted by Gasteiger charge is -2.25. The maximum Gasteiger partial charge on any atom is 0.306 e. The van der Waals surface area contributed by atoms with Gasteiger partial charge in [-0.1, -0.05) is 20.8 Å². The molecule has 0 aromatic rings. The van der Waals surface area contributed by atoms with E-state index in [2.05, 4.69) is 0 Å². The SMILES string of the molecule is C[C@@H](CC(C)(C)C(F)F)C(=O)O. The summed E-state index contributed by atoms with van der Waals surface area (Å²) in [4.78, 5) is 10.4. The number of hydrogen-bond acceptors (Lipinski definition) is 1. The Morgan fingerprint density at radius 2 is 1.92 bits per heavy atom. The van der Waals surface area contributed by atoms with Crippen LogP contribution in [0.4, 0.5) is 8.78 Å². The van der Waals surface area contributed by atoms with Gasteiger partial charge in [0.25, 0.3) is 0 Å². The first-order valence-corrected chi connectivity index (χ1v) is 3.78. The molecule has 0 saturated carbocycles. The Kier molecular flexibility index (Phi) is 3.61. The second-order valence-corrected chi connectivity index (χ2v) is 3.73. The van der Waals surface area contributed by atoms with Gasteiger partial charge in [-0.05, 0) is 6.42 Å². The summed E-state index contributed by atoms with van der Waals surface area (Å²) < 4.78 is 24.5. The molecule has 0 spiro atoms. The second kappa shape index (κ2) is 3.83. The third-order valence-corrected chi connectivity index (χ3v) is 1.84. The van der Waals surface area contributed by atoms with Crippen molar-refractivity contribution >= 4 is 5.97 Å². The molecule has 0 heterocycles. The van der Waals surface area contributed by atoms with Crippen LogP contribution in [0.25, 0.3) is 0 Å². The molecule has 0 aliphatic carbocycles. The average molecular weight is 180 g/mol. The summed E-state index contributed by atoms with van der Waals surface area (Å²) in [6.07, 6.45) is -2.47. The Bertz CT molecular complexity index is 166. The molecule has 1 N–H and O–H groups in total. The van der Waals surface area contributed by atoms with Gasteiger partial charge in [-0.25, -0.2) is 8.78 Å². The maximum atomic E-state index is 12.2. The molecule has 12 heavy (non-hydrogen) atoms. The van der Waals surface area contributed by atoms with Crippen molar-refractivity contribution in [3.8, 4) is 0 Å². The molecule has 0 aromatic carbocycles. The predicted octanol–water partition coefficient (Wildman–Crippen LogP) is 2.39. The van der Waals surface area contributed by atoms with Crippen molar-refractivity contribution in [2.45, 2.75) is 33.6 Å². The van der Waals surface area contributed by atoms with E-state index in [1.165, 1.54) is 20.8 Å². The van der Waals surface area contributed by atoms with Gasteiger partial charge in [0.15, 0.2) is 0 Å². The molecular weight excluding hydrogens is 166 g/mol. The van der Waals surface area contributed by atoms with Gasteiger partial charge in [0, 0.05) is 5.41 Å². The minimum Gasteiger partial charge on any atom is -0.481 e. The van der Waals surface area contributed by atoms with Crippen LogP contribution in [0.5, 0.6) is 0 Å². The number of halogens is 2. The van der Waals surface area contributed by atoms with Gasteiger partial charge >= 0.3 is 5.97 Å². The molecule has 0 saturated heterocycles. The topological polar surface area (TPSA) is 37.3 Å². The predicted molar refractivity (Wildman–Crippen MR) is 41.2 cm³/mol. The maximum absolute atomic E-state index is 12.2. The van der Waals surface area contributed by atoms with Gasteiger partial charge in [0.05, 0.1) is 5.92 Å². The fraction of sp³-hybridized carbons (Fsp3) is 0.875. The molecule has 1 atom stereocenters. The Labute approximate surface area is 70.6 Å². The number of carbonyl (C=O) groups is 1. The lowest BCUT2D eigenvalue weighted by Crippen LogP contribution is -2.27. The summed E-state index contributed by atoms with van der Waals surface area (Å²) in [5, 5.41) is 8.48. The molecule has 0 fully saturated rings. The number of alkyl halides is 2. The number of aliphatic carboxylic acids is 1. The van der Waals surface area contributed by atoms with Gasteiger partial charge in [0.2, 0.25) is 6.43 Å². The smallest absolute Gasteiger partial charge is 0.306 e. The number of carboxylic acid groups (broad SMARTS) is 1. The molecule has 0 aromatic heterocycles. The van der Waals surface area contributed by atoms with Crippen LogP contribution in [-0.2, 0) is 4.79 Å². The summed E-state index contributed by atoms with van der Waals surface area (Å²) in [6, 6.07) is 0. The van der Waals surface area contributed by atoms with Crippen LogP contribution >= 0.6 is 0 Å². The molecule has 0 rings (SSSR count). The normalized spacial score (nSPS) is 14.8. The monoisotopic (exact) mass is 180 g/mol. The highest BCUT2D eigenvalue weighted by Gasteiger charge is 2.33. The summed E-state index contributed by atoms with van der Waals surface area (Å²) in [5.74, 6) is -1.74. The first kappa shape index (κ1) is 11.3. The van der Waals surface area contributed by atoms with Gasteiger partial charge in [-0.3, -0.25) is 4.79 Å². The second-order valence-electron chi connectivity index (χ2n) is 3.73. The van der Waals surface area contributed by atoms with Crippen molar-refractivity contribution in [3.05, 3.63) is 0 Å². The fourth-order valence-electron chi connectivity index (χ4n) is 0.966. The number of hydrogen-bond donors (Lipinski definition) is 1. The van der Waals surface area contributed by atoms with E-state index in [0.29, 0.717) is 0 Å². The van der Waals surface area contributed by atoms with Crippen LogP contribution in [0.2, 0.25) is 0 Å². The largest absolute Gasteiger partial charge is 0.481 e. The average Bonchev–Trinajstić information content (AvgIpc) is 1.85. The molecule has 0 aliphatic heterocycles. The van der Waals surface area contributed by atoms with Gasteiger partial charge < -0.3 is 5.11 Å². The molecule has 0 unspecified atom stereocenters. The fourth-order valence-corrected chi connectivity index (χ4v) is 0.966. The number of rotatable bonds is 4. The van der Waals surface area contributed by atoms with Crippen molar-refractivity contribution in [1.29, 1.82) is 0 Å². The summed E-state index contributed by atoms with van der Waals surface area (Å²) in [7, 11) is 0. The summed E-state index contributed by atoms with van der Waals surface area (Å²) in [6.45, 7) is 4.18. The first-order valence-electron chi connectivity index (χ1n) is 3.78. The van der Waals surface area contributed by atoms with Crippen LogP contribution in [-0.4, -0.2) is 17.5 Å². The van der Waals surface area contributed by atoms with E-state index in [4.69, 9.17) is 5.11 Å². The molecule has 2 nitrogen and oxygen atoms in total. The van der Waals surface area contributed by atoms with E-state index in [1.54, 1.807) is 0 Å². The van der Waals surface area contributed by atoms with Crippen molar-refractivity contribution in [2.75, 3.05) is 0 Å². The van der Waals surface area contributed by atoms with Crippen molar-refractivity contribution in [1.82, 2.24) is 0 Å². The van der Waals surface area contributed by atoms with Gasteiger partial charge in [0.1, 0.15) is 0 Å². The van der Waals surface area contributed by atoms with Crippen LogP contribution < -0.4 is 0 Å². The van der Waals surface area contributed by atoms with Crippen molar-refractivity contribution < 1.29 is 18.7 Å². The van der Waals surface area contributed by atoms with E-state index >= 15 is 0 Å². The zero-order valence-corrected chi connectivity index (χ0v) is 7.47. The van der Waals surface area contributed by atoms with Crippen LogP contribution in [0, 0.1) is 11.3 Å². The zero-order valence-electron chi connectivity index (χ0n) is 7.47. The lowest BCUT2D eigenvalue weighted by atomic mass is 9.84. The lowest BCUT2D eigenvalue weighted by molar-refractivity contribution is -0.143. The molecule has 0 aliphatic rings. The minimum atomic E-state index is -2.47. The van der Waals surface area contributed by atoms with Crippen LogP contribution in [0.3, 0.4) is 0 Å². The Morgan fingerprint density at radius 3 is 2.17 bits per heavy atom. The summed E-state index contributed by atoms with van der Waals surface area (Å²) >= 11 is 0. The Hall–Kier alpha value is -0.670. The van der Waals surface area contributed by atoms with Gasteiger partial charge in [-0.15, -0.1) is 0 Å². The molecule has 72 valence electrons. The summed E-state index contributed by atoms with van der Waals surface area (Å²) in [5.41, 5.74) is -1.21. The minimum absolute atomic E-state index is 0.